The van der Waals surface area contributed by atoms with E-state index in [1.165, 1.54) is 17.2 Å². The molecular formula is C24H22N6S. The molecule has 5 aromatic rings. The van der Waals surface area contributed by atoms with Crippen molar-refractivity contribution >= 4 is 33.0 Å². The Labute approximate surface area is 184 Å². The molecule has 1 aliphatic rings. The lowest BCUT2D eigenvalue weighted by atomic mass is 10.0. The number of aromatic nitrogens is 4. The number of benzene rings is 2. The molecule has 6 nitrogen and oxygen atoms in total. The van der Waals surface area contributed by atoms with E-state index in [9.17, 15) is 0 Å². The molecule has 0 saturated carbocycles. The van der Waals surface area contributed by atoms with Gasteiger partial charge in [0.25, 0.3) is 0 Å². The second kappa shape index (κ2) is 7.76. The summed E-state index contributed by atoms with van der Waals surface area (Å²) in [5.41, 5.74) is 3.91. The van der Waals surface area contributed by atoms with Crippen LogP contribution < -0.4 is 10.6 Å². The first kappa shape index (κ1) is 18.5. The molecule has 1 aliphatic heterocycles. The number of piperidine rings is 1. The van der Waals surface area contributed by atoms with Gasteiger partial charge in [-0.1, -0.05) is 36.4 Å². The molecule has 1 saturated heterocycles. The van der Waals surface area contributed by atoms with Gasteiger partial charge in [0.05, 0.1) is 11.4 Å². The molecule has 154 valence electrons. The first-order chi connectivity index (χ1) is 15.3. The van der Waals surface area contributed by atoms with Crippen LogP contribution >= 0.6 is 11.3 Å². The third kappa shape index (κ3) is 3.45. The van der Waals surface area contributed by atoms with E-state index in [0.29, 0.717) is 12.0 Å². The van der Waals surface area contributed by atoms with Crippen molar-refractivity contribution in [3.05, 3.63) is 66.3 Å². The fourth-order valence-electron chi connectivity index (χ4n) is 4.29. The molecule has 0 radical (unpaired) electrons. The van der Waals surface area contributed by atoms with E-state index in [2.05, 4.69) is 74.1 Å². The summed E-state index contributed by atoms with van der Waals surface area (Å²) >= 11 is 1.63. The highest BCUT2D eigenvalue weighted by Gasteiger charge is 2.20. The van der Waals surface area contributed by atoms with E-state index in [4.69, 9.17) is 9.97 Å². The van der Waals surface area contributed by atoms with Gasteiger partial charge < -0.3 is 10.6 Å². The maximum Gasteiger partial charge on any atom is 0.223 e. The molecular weight excluding hydrogens is 404 g/mol. The van der Waals surface area contributed by atoms with Crippen LogP contribution in [0.3, 0.4) is 0 Å². The zero-order valence-electron chi connectivity index (χ0n) is 17.0. The molecule has 0 spiro atoms. The number of anilines is 1. The summed E-state index contributed by atoms with van der Waals surface area (Å²) < 4.78 is 2.13. The minimum absolute atomic E-state index is 0.357. The summed E-state index contributed by atoms with van der Waals surface area (Å²) in [7, 11) is 0. The van der Waals surface area contributed by atoms with Crippen molar-refractivity contribution in [1.82, 2.24) is 24.7 Å². The van der Waals surface area contributed by atoms with Gasteiger partial charge in [0.2, 0.25) is 5.95 Å². The number of nitrogens with one attached hydrogen (secondary N) is 2. The van der Waals surface area contributed by atoms with Gasteiger partial charge in [0.1, 0.15) is 5.69 Å². The van der Waals surface area contributed by atoms with Crippen LogP contribution in [0.15, 0.2) is 66.3 Å². The van der Waals surface area contributed by atoms with Gasteiger partial charge in [0.15, 0.2) is 4.96 Å². The molecule has 0 aliphatic carbocycles. The smallest absolute Gasteiger partial charge is 0.223 e. The molecule has 3 aromatic heterocycles. The number of fused-ring (bicyclic) bond motifs is 2. The predicted octanol–water partition coefficient (Wildman–Crippen LogP) is 4.84. The van der Waals surface area contributed by atoms with E-state index in [-0.39, 0.29) is 0 Å². The molecule has 2 aromatic carbocycles. The minimum atomic E-state index is 0.357. The Bertz CT molecular complexity index is 1370. The molecule has 6 rings (SSSR count). The van der Waals surface area contributed by atoms with Crippen LogP contribution in [0.4, 0.5) is 5.95 Å². The Morgan fingerprint density at radius 2 is 2.00 bits per heavy atom. The van der Waals surface area contributed by atoms with Gasteiger partial charge in [-0.3, -0.25) is 4.40 Å². The third-order valence-corrected chi connectivity index (χ3v) is 6.57. The predicted molar refractivity (Wildman–Crippen MR) is 127 cm³/mol. The summed E-state index contributed by atoms with van der Waals surface area (Å²) in [6, 6.07) is 17.2. The first-order valence-corrected chi connectivity index (χ1v) is 11.5. The Balaban J connectivity index is 1.45. The topological polar surface area (TPSA) is 67.1 Å². The third-order valence-electron chi connectivity index (χ3n) is 5.81. The van der Waals surface area contributed by atoms with Crippen LogP contribution in [0.25, 0.3) is 38.4 Å². The van der Waals surface area contributed by atoms with Crippen LogP contribution in [0.1, 0.15) is 12.8 Å². The molecule has 0 unspecified atom stereocenters. The van der Waals surface area contributed by atoms with Gasteiger partial charge in [-0.05, 0) is 42.3 Å². The first-order valence-electron chi connectivity index (χ1n) is 10.6. The molecule has 1 fully saturated rings. The van der Waals surface area contributed by atoms with Crippen molar-refractivity contribution in [2.75, 3.05) is 18.4 Å². The largest absolute Gasteiger partial charge is 0.350 e. The van der Waals surface area contributed by atoms with Crippen molar-refractivity contribution in [3.63, 3.8) is 0 Å². The standard InChI is InChI=1S/C24H22N6S/c1-2-5-17-14-18(8-7-16(17)4-1)21-22(30-12-13-31-24(30)29-21)20-9-11-26-23(28-20)27-19-6-3-10-25-15-19/h1-2,4-5,7-9,11-14,19,25H,3,6,10,15H2,(H,26,27,28)/t19-/m1/s1. The van der Waals surface area contributed by atoms with E-state index in [1.54, 1.807) is 11.3 Å². The van der Waals surface area contributed by atoms with Gasteiger partial charge in [-0.25, -0.2) is 15.0 Å². The molecule has 4 heterocycles. The molecule has 0 amide bonds. The average molecular weight is 427 g/mol. The normalized spacial score (nSPS) is 16.7. The zero-order chi connectivity index (χ0) is 20.6. The van der Waals surface area contributed by atoms with Gasteiger partial charge in [-0.2, -0.15) is 0 Å². The highest BCUT2D eigenvalue weighted by molar-refractivity contribution is 7.15. The van der Waals surface area contributed by atoms with Crippen molar-refractivity contribution in [2.24, 2.45) is 0 Å². The number of hydrogen-bond donors (Lipinski definition) is 2. The van der Waals surface area contributed by atoms with Crippen LogP contribution in [-0.2, 0) is 0 Å². The average Bonchev–Trinajstić information content (AvgIpc) is 3.41. The fraction of sp³-hybridized carbons (Fsp3) is 0.208. The lowest BCUT2D eigenvalue weighted by molar-refractivity contribution is 0.478. The number of hydrogen-bond acceptors (Lipinski definition) is 6. The van der Waals surface area contributed by atoms with E-state index < -0.39 is 0 Å². The highest BCUT2D eigenvalue weighted by atomic mass is 32.1. The summed E-state index contributed by atoms with van der Waals surface area (Å²) in [5.74, 6) is 0.667. The van der Waals surface area contributed by atoms with E-state index in [1.807, 2.05) is 12.3 Å². The van der Waals surface area contributed by atoms with Crippen molar-refractivity contribution in [3.8, 4) is 22.6 Å². The lowest BCUT2D eigenvalue weighted by Crippen LogP contribution is -2.38. The second-order valence-corrected chi connectivity index (χ2v) is 8.75. The SMILES string of the molecule is c1ccc2cc(-c3nc4sccn4c3-c3ccnc(N[C@@H]4CCCNC4)n3)ccc2c1. The number of imidazole rings is 1. The van der Waals surface area contributed by atoms with Crippen molar-refractivity contribution in [1.29, 1.82) is 0 Å². The minimum Gasteiger partial charge on any atom is -0.350 e. The zero-order valence-corrected chi connectivity index (χ0v) is 17.8. The lowest BCUT2D eigenvalue weighted by Gasteiger charge is -2.23. The molecule has 1 atom stereocenters. The van der Waals surface area contributed by atoms with Gasteiger partial charge >= 0.3 is 0 Å². The molecule has 0 bridgehead atoms. The monoisotopic (exact) mass is 426 g/mol. The van der Waals surface area contributed by atoms with Crippen LogP contribution in [0.5, 0.6) is 0 Å². The molecule has 31 heavy (non-hydrogen) atoms. The Hall–Kier alpha value is -3.29. The maximum atomic E-state index is 4.96. The Kier molecular flexibility index (Phi) is 4.62. The summed E-state index contributed by atoms with van der Waals surface area (Å²) in [6.45, 7) is 2.03. The number of rotatable bonds is 4. The van der Waals surface area contributed by atoms with Crippen LogP contribution in [0.2, 0.25) is 0 Å². The van der Waals surface area contributed by atoms with Crippen LogP contribution in [0, 0.1) is 0 Å². The fourth-order valence-corrected chi connectivity index (χ4v) is 5.00. The summed E-state index contributed by atoms with van der Waals surface area (Å²) in [4.78, 5) is 15.3. The summed E-state index contributed by atoms with van der Waals surface area (Å²) in [6.07, 6.45) is 6.19. The summed E-state index contributed by atoms with van der Waals surface area (Å²) in [5, 5.41) is 11.4. The Morgan fingerprint density at radius 3 is 2.90 bits per heavy atom. The second-order valence-electron chi connectivity index (χ2n) is 7.88. The molecule has 7 heteroatoms. The Morgan fingerprint density at radius 1 is 1.06 bits per heavy atom. The van der Waals surface area contributed by atoms with Crippen molar-refractivity contribution < 1.29 is 0 Å². The van der Waals surface area contributed by atoms with Crippen molar-refractivity contribution in [2.45, 2.75) is 18.9 Å². The number of nitrogens with zero attached hydrogens (tertiary/aromatic N) is 4. The van der Waals surface area contributed by atoms with Crippen LogP contribution in [-0.4, -0.2) is 38.5 Å². The van der Waals surface area contributed by atoms with Gasteiger partial charge in [-0.15, -0.1) is 11.3 Å². The quantitative estimate of drug-likeness (QED) is 0.431. The van der Waals surface area contributed by atoms with E-state index >= 15 is 0 Å². The molecule has 2 N–H and O–H groups in total. The van der Waals surface area contributed by atoms with E-state index in [0.717, 1.165) is 47.1 Å². The maximum absolute atomic E-state index is 4.96. The van der Waals surface area contributed by atoms with Gasteiger partial charge in [0, 0.05) is 35.9 Å². The number of thiazole rings is 1. The highest BCUT2D eigenvalue weighted by Crippen LogP contribution is 2.35.